The molecule has 0 heterocycles. The molecule has 0 bridgehead atoms. The number of hydrogen-bond acceptors (Lipinski definition) is 8. The lowest BCUT2D eigenvalue weighted by molar-refractivity contribution is -0.161. The minimum Gasteiger partial charge on any atom is -0.462 e. The molecule has 0 aromatic rings. The number of ether oxygens (including phenoxy) is 2. The van der Waals surface area contributed by atoms with Crippen LogP contribution in [0.2, 0.25) is 0 Å². The van der Waals surface area contributed by atoms with Gasteiger partial charge >= 0.3 is 19.8 Å². The number of phosphoric ester groups is 1. The van der Waals surface area contributed by atoms with Crippen LogP contribution < -0.4 is 5.73 Å². The number of rotatable bonds is 35. The zero-order valence-electron chi connectivity index (χ0n) is 33.6. The summed E-state index contributed by atoms with van der Waals surface area (Å²) in [5.41, 5.74) is 5.33. The number of esters is 2. The molecule has 0 radical (unpaired) electrons. The van der Waals surface area contributed by atoms with Crippen molar-refractivity contribution in [3.63, 3.8) is 0 Å². The molecule has 0 aliphatic heterocycles. The van der Waals surface area contributed by atoms with E-state index < -0.39 is 32.5 Å². The average molecular weight is 784 g/mol. The van der Waals surface area contributed by atoms with E-state index in [-0.39, 0.29) is 32.6 Å². The van der Waals surface area contributed by atoms with Crippen molar-refractivity contribution in [1.29, 1.82) is 0 Å². The quantitative estimate of drug-likeness (QED) is 0.0279. The number of allylic oxidation sites excluding steroid dienone is 20. The van der Waals surface area contributed by atoms with Crippen LogP contribution in [0.1, 0.15) is 117 Å². The van der Waals surface area contributed by atoms with Gasteiger partial charge in [0.15, 0.2) is 6.10 Å². The lowest BCUT2D eigenvalue weighted by atomic mass is 10.2. The van der Waals surface area contributed by atoms with Crippen LogP contribution in [0, 0.1) is 0 Å². The van der Waals surface area contributed by atoms with Gasteiger partial charge in [-0.2, -0.15) is 0 Å². The van der Waals surface area contributed by atoms with Crippen molar-refractivity contribution in [2.45, 2.75) is 123 Å². The third kappa shape index (κ3) is 39.9. The molecule has 0 aliphatic rings. The topological polar surface area (TPSA) is 134 Å². The second-order valence-electron chi connectivity index (χ2n) is 12.4. The van der Waals surface area contributed by atoms with E-state index in [1.165, 1.54) is 0 Å². The predicted octanol–water partition coefficient (Wildman–Crippen LogP) is 11.4. The maximum Gasteiger partial charge on any atom is 0.472 e. The molecule has 0 amide bonds. The lowest BCUT2D eigenvalue weighted by Crippen LogP contribution is -2.29. The molecule has 9 nitrogen and oxygen atoms in total. The Kier molecular flexibility index (Phi) is 37.5. The van der Waals surface area contributed by atoms with Gasteiger partial charge in [0, 0.05) is 19.4 Å². The minimum absolute atomic E-state index is 0.0286. The molecule has 0 saturated heterocycles. The van der Waals surface area contributed by atoms with Gasteiger partial charge in [-0.1, -0.05) is 135 Å². The van der Waals surface area contributed by atoms with Gasteiger partial charge in [0.25, 0.3) is 0 Å². The van der Waals surface area contributed by atoms with Gasteiger partial charge in [-0.3, -0.25) is 18.6 Å². The van der Waals surface area contributed by atoms with Gasteiger partial charge in [0.05, 0.1) is 13.2 Å². The van der Waals surface area contributed by atoms with E-state index in [9.17, 15) is 19.0 Å². The van der Waals surface area contributed by atoms with E-state index in [4.69, 9.17) is 24.3 Å². The molecule has 0 aromatic carbocycles. The van der Waals surface area contributed by atoms with Crippen LogP contribution in [0.4, 0.5) is 0 Å². The van der Waals surface area contributed by atoms with Gasteiger partial charge in [0.1, 0.15) is 6.61 Å². The maximum absolute atomic E-state index is 12.5. The van der Waals surface area contributed by atoms with Gasteiger partial charge < -0.3 is 20.1 Å². The standard InChI is InChI=1S/C45H70NO8P/c1-3-5-7-9-11-13-15-17-19-20-21-22-24-26-28-30-32-34-36-38-45(48)54-43(42-53-55(49,50)52-40-39-46)41-51-44(47)37-35-33-31-29-27-25-23-18-16-14-12-10-8-6-4-2/h5-8,11-14,17-19,21-23,26-29,32,34,43H,3-4,9-10,15-16,20,24-25,30-31,33,35-42,46H2,1-2H3,(H,49,50)/t43-/m1/s1. The van der Waals surface area contributed by atoms with E-state index >= 15 is 0 Å². The molecule has 3 N–H and O–H groups in total. The predicted molar refractivity (Wildman–Crippen MR) is 228 cm³/mol. The van der Waals surface area contributed by atoms with Crippen LogP contribution in [0.5, 0.6) is 0 Å². The van der Waals surface area contributed by atoms with Crippen molar-refractivity contribution in [1.82, 2.24) is 0 Å². The zero-order valence-corrected chi connectivity index (χ0v) is 34.5. The molecule has 1 unspecified atom stereocenters. The summed E-state index contributed by atoms with van der Waals surface area (Å²) in [7, 11) is -4.41. The molecule has 55 heavy (non-hydrogen) atoms. The first-order valence-electron chi connectivity index (χ1n) is 20.0. The fraction of sp³-hybridized carbons (Fsp3) is 0.511. The molecule has 0 aliphatic carbocycles. The molecule has 0 aromatic heterocycles. The van der Waals surface area contributed by atoms with Crippen molar-refractivity contribution >= 4 is 19.8 Å². The first kappa shape index (κ1) is 51.4. The monoisotopic (exact) mass is 783 g/mol. The van der Waals surface area contributed by atoms with Crippen molar-refractivity contribution in [2.75, 3.05) is 26.4 Å². The average Bonchev–Trinajstić information content (AvgIpc) is 3.17. The summed E-state index contributed by atoms with van der Waals surface area (Å²) in [6.07, 6.45) is 53.9. The van der Waals surface area contributed by atoms with Crippen molar-refractivity contribution in [3.8, 4) is 0 Å². The third-order valence-corrected chi connectivity index (χ3v) is 8.34. The van der Waals surface area contributed by atoms with Crippen LogP contribution in [0.25, 0.3) is 0 Å². The van der Waals surface area contributed by atoms with Gasteiger partial charge in [0.2, 0.25) is 0 Å². The number of nitrogens with two attached hydrogens (primary N) is 1. The molecule has 0 saturated carbocycles. The highest BCUT2D eigenvalue weighted by Crippen LogP contribution is 2.43. The number of carbonyl (C=O) groups excluding carboxylic acids is 2. The fourth-order valence-electron chi connectivity index (χ4n) is 4.47. The van der Waals surface area contributed by atoms with E-state index in [0.717, 1.165) is 77.0 Å². The minimum atomic E-state index is -4.41. The smallest absolute Gasteiger partial charge is 0.462 e. The highest BCUT2D eigenvalue weighted by molar-refractivity contribution is 7.47. The summed E-state index contributed by atoms with van der Waals surface area (Å²) >= 11 is 0. The second-order valence-corrected chi connectivity index (χ2v) is 13.8. The van der Waals surface area contributed by atoms with Crippen molar-refractivity contribution in [2.24, 2.45) is 5.73 Å². The Labute approximate surface area is 332 Å². The van der Waals surface area contributed by atoms with Crippen LogP contribution in [0.3, 0.4) is 0 Å². The number of hydrogen-bond donors (Lipinski definition) is 2. The molecule has 2 atom stereocenters. The van der Waals surface area contributed by atoms with E-state index in [0.29, 0.717) is 12.8 Å². The Hall–Kier alpha value is -3.59. The summed E-state index contributed by atoms with van der Waals surface area (Å²) in [5, 5.41) is 0. The van der Waals surface area contributed by atoms with E-state index in [1.54, 1.807) is 0 Å². The van der Waals surface area contributed by atoms with Gasteiger partial charge in [-0.25, -0.2) is 4.57 Å². The van der Waals surface area contributed by atoms with Crippen LogP contribution in [0.15, 0.2) is 122 Å². The molecular formula is C45H70NO8P. The molecule has 0 rings (SSSR count). The Morgan fingerprint density at radius 2 is 0.964 bits per heavy atom. The SMILES string of the molecule is CCC=CCC=CCC=CCC=CCC=CCC=CCCC(=O)O[C@H](COC(=O)CCCCC=CCC=CCC=CCC=CCC)COP(=O)(O)OCCN. The van der Waals surface area contributed by atoms with Crippen molar-refractivity contribution < 1.29 is 37.6 Å². The fourth-order valence-corrected chi connectivity index (χ4v) is 5.24. The summed E-state index contributed by atoms with van der Waals surface area (Å²) in [6, 6.07) is 0. The Bertz CT molecular complexity index is 1310. The Morgan fingerprint density at radius 3 is 1.40 bits per heavy atom. The number of carbonyl (C=O) groups is 2. The molecular weight excluding hydrogens is 713 g/mol. The first-order valence-corrected chi connectivity index (χ1v) is 21.5. The van der Waals surface area contributed by atoms with Gasteiger partial charge in [-0.05, 0) is 89.9 Å². The highest BCUT2D eigenvalue weighted by Gasteiger charge is 2.25. The molecule has 0 fully saturated rings. The summed E-state index contributed by atoms with van der Waals surface area (Å²) < 4.78 is 32.6. The normalized spacial score (nSPS) is 14.6. The number of unbranched alkanes of at least 4 members (excludes halogenated alkanes) is 2. The Balaban J connectivity index is 4.43. The molecule has 10 heteroatoms. The first-order chi connectivity index (χ1) is 26.8. The van der Waals surface area contributed by atoms with Crippen LogP contribution in [-0.2, 0) is 32.7 Å². The summed E-state index contributed by atoms with van der Waals surface area (Å²) in [4.78, 5) is 34.7. The van der Waals surface area contributed by atoms with Crippen LogP contribution >= 0.6 is 7.82 Å². The zero-order chi connectivity index (χ0) is 40.3. The van der Waals surface area contributed by atoms with E-state index in [1.807, 2.05) is 12.2 Å². The van der Waals surface area contributed by atoms with E-state index in [2.05, 4.69) is 123 Å². The largest absolute Gasteiger partial charge is 0.472 e. The Morgan fingerprint density at radius 1 is 0.545 bits per heavy atom. The lowest BCUT2D eigenvalue weighted by Gasteiger charge is -2.19. The molecule has 0 spiro atoms. The number of phosphoric acid groups is 1. The van der Waals surface area contributed by atoms with Gasteiger partial charge in [-0.15, -0.1) is 0 Å². The summed E-state index contributed by atoms with van der Waals surface area (Å²) in [6.45, 7) is 3.32. The maximum atomic E-state index is 12.5. The third-order valence-electron chi connectivity index (χ3n) is 7.36. The highest BCUT2D eigenvalue weighted by atomic mass is 31.2. The molecule has 308 valence electrons. The summed E-state index contributed by atoms with van der Waals surface area (Å²) in [5.74, 6) is -0.992. The van der Waals surface area contributed by atoms with Crippen molar-refractivity contribution in [3.05, 3.63) is 122 Å². The van der Waals surface area contributed by atoms with Crippen LogP contribution in [-0.4, -0.2) is 49.3 Å². The second kappa shape index (κ2) is 40.1.